The van der Waals surface area contributed by atoms with E-state index in [4.69, 9.17) is 4.74 Å². The molecule has 0 bridgehead atoms. The fourth-order valence-corrected chi connectivity index (χ4v) is 3.09. The molecule has 0 aromatic carbocycles. The number of nitrogens with one attached hydrogen (secondary N) is 1. The number of ether oxygens (including phenoxy) is 1. The van der Waals surface area contributed by atoms with Gasteiger partial charge in [0.25, 0.3) is 0 Å². The van der Waals surface area contributed by atoms with Crippen molar-refractivity contribution in [2.24, 2.45) is 5.92 Å². The van der Waals surface area contributed by atoms with Crippen LogP contribution in [0.15, 0.2) is 0 Å². The molecular weight excluding hydrogens is 216 g/mol. The number of hydrogen-bond acceptors (Lipinski definition) is 4. The largest absolute Gasteiger partial charge is 0.465 e. The van der Waals surface area contributed by atoms with Crippen molar-refractivity contribution >= 4 is 5.97 Å². The van der Waals surface area contributed by atoms with Crippen LogP contribution >= 0.6 is 0 Å². The molecule has 1 aliphatic carbocycles. The average Bonchev–Trinajstić information content (AvgIpc) is 3.17. The second-order valence-corrected chi connectivity index (χ2v) is 5.01. The normalized spacial score (nSPS) is 25.3. The Balaban J connectivity index is 2.17. The van der Waals surface area contributed by atoms with Crippen LogP contribution in [0.5, 0.6) is 0 Å². The summed E-state index contributed by atoms with van der Waals surface area (Å²) >= 11 is 0. The molecule has 0 aromatic rings. The second-order valence-electron chi connectivity index (χ2n) is 5.01. The van der Waals surface area contributed by atoms with E-state index in [2.05, 4.69) is 17.1 Å². The number of esters is 1. The van der Waals surface area contributed by atoms with E-state index >= 15 is 0 Å². The Morgan fingerprint density at radius 3 is 2.47 bits per heavy atom. The Morgan fingerprint density at radius 1 is 1.35 bits per heavy atom. The van der Waals surface area contributed by atoms with Crippen LogP contribution in [0.2, 0.25) is 0 Å². The van der Waals surface area contributed by atoms with Crippen LogP contribution in [0.4, 0.5) is 0 Å². The number of carbonyl (C=O) groups excluding carboxylic acids is 1. The van der Waals surface area contributed by atoms with E-state index in [0.717, 1.165) is 32.6 Å². The lowest BCUT2D eigenvalue weighted by atomic mass is 9.87. The van der Waals surface area contributed by atoms with Gasteiger partial charge in [-0.3, -0.25) is 9.69 Å². The van der Waals surface area contributed by atoms with Crippen molar-refractivity contribution in [3.8, 4) is 0 Å². The quantitative estimate of drug-likeness (QED) is 0.728. The highest BCUT2D eigenvalue weighted by atomic mass is 16.5. The van der Waals surface area contributed by atoms with Crippen LogP contribution in [0.25, 0.3) is 0 Å². The zero-order valence-corrected chi connectivity index (χ0v) is 11.0. The Bertz CT molecular complexity index is 273. The molecule has 1 saturated heterocycles. The summed E-state index contributed by atoms with van der Waals surface area (Å²) in [5, 5.41) is 3.35. The summed E-state index contributed by atoms with van der Waals surface area (Å²) < 4.78 is 5.35. The summed E-state index contributed by atoms with van der Waals surface area (Å²) in [5.74, 6) is 0.525. The van der Waals surface area contributed by atoms with Crippen molar-refractivity contribution < 1.29 is 9.53 Å². The lowest BCUT2D eigenvalue weighted by Gasteiger charge is -2.43. The third-order valence-electron chi connectivity index (χ3n) is 4.10. The third-order valence-corrected chi connectivity index (χ3v) is 4.10. The highest BCUT2D eigenvalue weighted by Gasteiger charge is 2.54. The standard InChI is InChI=1S/C13H24N2O2/c1-3-13(11-5-6-11,12(16)17-4-2)15-9-7-14-8-10-15/h11,14H,3-10H2,1-2H3. The predicted molar refractivity (Wildman–Crippen MR) is 66.8 cm³/mol. The van der Waals surface area contributed by atoms with E-state index in [0.29, 0.717) is 12.5 Å². The van der Waals surface area contributed by atoms with Crippen molar-refractivity contribution in [3.05, 3.63) is 0 Å². The molecule has 1 heterocycles. The number of nitrogens with zero attached hydrogens (tertiary/aromatic N) is 1. The first-order chi connectivity index (χ1) is 8.25. The van der Waals surface area contributed by atoms with E-state index in [1.807, 2.05) is 6.92 Å². The maximum atomic E-state index is 12.4. The molecule has 1 saturated carbocycles. The van der Waals surface area contributed by atoms with E-state index in [9.17, 15) is 4.79 Å². The molecule has 4 nitrogen and oxygen atoms in total. The molecule has 0 amide bonds. The van der Waals surface area contributed by atoms with Gasteiger partial charge in [-0.25, -0.2) is 0 Å². The van der Waals surface area contributed by atoms with Gasteiger partial charge in [-0.05, 0) is 32.1 Å². The Hall–Kier alpha value is -0.610. The molecule has 0 aromatic heterocycles. The van der Waals surface area contributed by atoms with Gasteiger partial charge in [0, 0.05) is 26.2 Å². The summed E-state index contributed by atoms with van der Waals surface area (Å²) in [5.41, 5.74) is -0.335. The SMILES string of the molecule is CCOC(=O)C(CC)(C1CC1)N1CCNCC1. The van der Waals surface area contributed by atoms with Crippen LogP contribution in [0.1, 0.15) is 33.1 Å². The van der Waals surface area contributed by atoms with Gasteiger partial charge in [-0.2, -0.15) is 0 Å². The van der Waals surface area contributed by atoms with E-state index in [1.54, 1.807) is 0 Å². The van der Waals surface area contributed by atoms with Crippen LogP contribution in [0.3, 0.4) is 0 Å². The smallest absolute Gasteiger partial charge is 0.326 e. The Morgan fingerprint density at radius 2 is 2.00 bits per heavy atom. The molecule has 2 rings (SSSR count). The summed E-state index contributed by atoms with van der Waals surface area (Å²) in [6, 6.07) is 0. The molecule has 1 unspecified atom stereocenters. The minimum absolute atomic E-state index is 0.00639. The molecule has 98 valence electrons. The van der Waals surface area contributed by atoms with Crippen LogP contribution < -0.4 is 5.32 Å². The fraction of sp³-hybridized carbons (Fsp3) is 0.923. The number of piperazine rings is 1. The lowest BCUT2D eigenvalue weighted by molar-refractivity contribution is -0.161. The van der Waals surface area contributed by atoms with Crippen molar-refractivity contribution in [1.82, 2.24) is 10.2 Å². The number of carbonyl (C=O) groups is 1. The molecule has 1 aliphatic heterocycles. The van der Waals surface area contributed by atoms with Gasteiger partial charge in [-0.1, -0.05) is 6.92 Å². The molecule has 0 radical (unpaired) electrons. The van der Waals surface area contributed by atoms with Gasteiger partial charge in [0.15, 0.2) is 0 Å². The van der Waals surface area contributed by atoms with E-state index < -0.39 is 0 Å². The molecule has 1 atom stereocenters. The van der Waals surface area contributed by atoms with Gasteiger partial charge >= 0.3 is 5.97 Å². The first kappa shape index (κ1) is 12.8. The monoisotopic (exact) mass is 240 g/mol. The zero-order chi connectivity index (χ0) is 12.3. The molecular formula is C13H24N2O2. The Labute approximate surface area is 104 Å². The maximum absolute atomic E-state index is 12.4. The van der Waals surface area contributed by atoms with Crippen molar-refractivity contribution in [3.63, 3.8) is 0 Å². The van der Waals surface area contributed by atoms with Crippen LogP contribution in [0, 0.1) is 5.92 Å². The predicted octanol–water partition coefficient (Wildman–Crippen LogP) is 1.01. The molecule has 4 heteroatoms. The second kappa shape index (κ2) is 5.36. The van der Waals surface area contributed by atoms with Gasteiger partial charge in [-0.15, -0.1) is 0 Å². The summed E-state index contributed by atoms with van der Waals surface area (Å²) in [6.07, 6.45) is 3.23. The van der Waals surface area contributed by atoms with Crippen LogP contribution in [-0.4, -0.2) is 49.2 Å². The van der Waals surface area contributed by atoms with Gasteiger partial charge in [0.05, 0.1) is 6.61 Å². The summed E-state index contributed by atoms with van der Waals surface area (Å²) in [6.45, 7) is 8.38. The topological polar surface area (TPSA) is 41.6 Å². The Kier molecular flexibility index (Phi) is 4.05. The zero-order valence-electron chi connectivity index (χ0n) is 11.0. The molecule has 2 fully saturated rings. The molecule has 0 spiro atoms. The van der Waals surface area contributed by atoms with Gasteiger partial charge < -0.3 is 10.1 Å². The highest BCUT2D eigenvalue weighted by Crippen LogP contribution is 2.46. The van der Waals surface area contributed by atoms with E-state index in [1.165, 1.54) is 12.8 Å². The van der Waals surface area contributed by atoms with Gasteiger partial charge in [0.2, 0.25) is 0 Å². The lowest BCUT2D eigenvalue weighted by Crippen LogP contribution is -2.61. The first-order valence-electron chi connectivity index (χ1n) is 6.88. The average molecular weight is 240 g/mol. The molecule has 1 N–H and O–H groups in total. The molecule has 17 heavy (non-hydrogen) atoms. The van der Waals surface area contributed by atoms with E-state index in [-0.39, 0.29) is 11.5 Å². The maximum Gasteiger partial charge on any atom is 0.326 e. The minimum Gasteiger partial charge on any atom is -0.465 e. The summed E-state index contributed by atoms with van der Waals surface area (Å²) in [4.78, 5) is 14.8. The number of hydrogen-bond donors (Lipinski definition) is 1. The number of rotatable bonds is 5. The van der Waals surface area contributed by atoms with Gasteiger partial charge in [0.1, 0.15) is 5.54 Å². The highest BCUT2D eigenvalue weighted by molar-refractivity contribution is 5.82. The third kappa shape index (κ3) is 2.33. The van der Waals surface area contributed by atoms with Crippen molar-refractivity contribution in [2.75, 3.05) is 32.8 Å². The first-order valence-corrected chi connectivity index (χ1v) is 6.88. The fourth-order valence-electron chi connectivity index (χ4n) is 3.09. The van der Waals surface area contributed by atoms with Crippen molar-refractivity contribution in [1.29, 1.82) is 0 Å². The van der Waals surface area contributed by atoms with Crippen LogP contribution in [-0.2, 0) is 9.53 Å². The summed E-state index contributed by atoms with van der Waals surface area (Å²) in [7, 11) is 0. The minimum atomic E-state index is -0.335. The van der Waals surface area contributed by atoms with Crippen molar-refractivity contribution in [2.45, 2.75) is 38.6 Å². The molecule has 2 aliphatic rings.